The molecule has 0 aliphatic rings. The summed E-state index contributed by atoms with van der Waals surface area (Å²) in [4.78, 5) is 0. The molecule has 0 aliphatic carbocycles. The molecule has 0 spiro atoms. The maximum absolute atomic E-state index is 6.98. The molecule has 0 radical (unpaired) electrons. The van der Waals surface area contributed by atoms with Crippen molar-refractivity contribution in [3.63, 3.8) is 0 Å². The largest absolute Gasteiger partial charge is 0.224 e. The van der Waals surface area contributed by atoms with E-state index < -0.39 is 12.4 Å². The molecule has 0 saturated carbocycles. The van der Waals surface area contributed by atoms with Crippen LogP contribution in [0.3, 0.4) is 0 Å². The van der Waals surface area contributed by atoms with E-state index in [9.17, 15) is 0 Å². The normalized spacial score (nSPS) is 12.8. The van der Waals surface area contributed by atoms with E-state index in [1.54, 1.807) is 0 Å². The molecule has 0 heterocycles. The molecule has 0 aromatic heterocycles. The predicted octanol–water partition coefficient (Wildman–Crippen LogP) is 7.14. The minimum atomic E-state index is -2.60. The SMILES string of the molecule is CC(c1ccccc1)N(P(=S)(c1ccccc1)c1ccccc1)P(=S)(c1ccccc1)c1ccccc1. The van der Waals surface area contributed by atoms with Crippen molar-refractivity contribution in [3.8, 4) is 0 Å². The first-order valence-electron chi connectivity index (χ1n) is 12.3. The van der Waals surface area contributed by atoms with Gasteiger partial charge in [0.05, 0.1) is 12.4 Å². The Hall–Kier alpha value is -2.64. The van der Waals surface area contributed by atoms with Crippen LogP contribution >= 0.6 is 12.4 Å². The second-order valence-corrected chi connectivity index (χ2v) is 17.6. The van der Waals surface area contributed by atoms with Gasteiger partial charge in [0.25, 0.3) is 0 Å². The van der Waals surface area contributed by atoms with Gasteiger partial charge < -0.3 is 0 Å². The molecule has 0 aliphatic heterocycles. The van der Waals surface area contributed by atoms with Crippen LogP contribution in [0.5, 0.6) is 0 Å². The van der Waals surface area contributed by atoms with Gasteiger partial charge in [-0.2, -0.15) is 0 Å². The zero-order valence-electron chi connectivity index (χ0n) is 20.7. The van der Waals surface area contributed by atoms with E-state index in [1.807, 2.05) is 0 Å². The summed E-state index contributed by atoms with van der Waals surface area (Å²) < 4.78 is 2.58. The predicted molar refractivity (Wildman–Crippen MR) is 170 cm³/mol. The van der Waals surface area contributed by atoms with Gasteiger partial charge in [0.2, 0.25) is 0 Å². The zero-order valence-corrected chi connectivity index (χ0v) is 24.1. The Morgan fingerprint density at radius 2 is 0.676 bits per heavy atom. The van der Waals surface area contributed by atoms with Gasteiger partial charge in [0.15, 0.2) is 0 Å². The number of rotatable bonds is 8. The summed E-state index contributed by atoms with van der Waals surface area (Å²) in [6.07, 6.45) is -5.19. The Bertz CT molecular complexity index is 1340. The number of benzene rings is 5. The highest BCUT2D eigenvalue weighted by Gasteiger charge is 2.44. The standard InChI is InChI=1S/C32H29NP2S2/c1-27(28-17-7-2-8-18-28)33(34(36,29-19-9-3-10-20-29)30-21-11-4-12-22-30)35(37,31-23-13-5-14-24-31)32-25-15-6-16-26-32/h2-27H,1H3. The molecule has 1 nitrogen and oxygen atoms in total. The molecule has 5 heteroatoms. The lowest BCUT2D eigenvalue weighted by Crippen LogP contribution is -2.38. The third-order valence-corrected chi connectivity index (χ3v) is 18.4. The smallest absolute Gasteiger partial charge is 0.0759 e. The topological polar surface area (TPSA) is 3.24 Å². The molecule has 184 valence electrons. The van der Waals surface area contributed by atoms with E-state index in [1.165, 1.54) is 5.56 Å². The number of hydrogen-bond acceptors (Lipinski definition) is 2. The molecule has 5 rings (SSSR count). The van der Waals surface area contributed by atoms with Crippen LogP contribution < -0.4 is 21.2 Å². The maximum atomic E-state index is 6.98. The molecule has 0 N–H and O–H groups in total. The maximum Gasteiger partial charge on any atom is 0.0759 e. The van der Waals surface area contributed by atoms with E-state index >= 15 is 0 Å². The molecule has 37 heavy (non-hydrogen) atoms. The zero-order chi connectivity index (χ0) is 25.7. The molecule has 5 aromatic carbocycles. The summed E-state index contributed by atoms with van der Waals surface area (Å²) >= 11 is 14.0. The minimum absolute atomic E-state index is 0.0151. The van der Waals surface area contributed by atoms with Crippen molar-refractivity contribution in [3.05, 3.63) is 157 Å². The van der Waals surface area contributed by atoms with Gasteiger partial charge in [-0.1, -0.05) is 175 Å². The van der Waals surface area contributed by atoms with E-state index in [0.29, 0.717) is 0 Å². The summed E-state index contributed by atoms with van der Waals surface area (Å²) in [7, 11) is 0. The average Bonchev–Trinajstić information content (AvgIpc) is 2.99. The van der Waals surface area contributed by atoms with Crippen LogP contribution in [0.25, 0.3) is 0 Å². The van der Waals surface area contributed by atoms with Gasteiger partial charge in [-0.25, -0.2) is 4.44 Å². The second kappa shape index (κ2) is 11.4. The summed E-state index contributed by atoms with van der Waals surface area (Å²) in [5.74, 6) is 0. The third-order valence-electron chi connectivity index (χ3n) is 6.63. The average molecular weight is 554 g/mol. The van der Waals surface area contributed by atoms with Gasteiger partial charge in [0, 0.05) is 27.3 Å². The molecule has 0 saturated heterocycles. The fourth-order valence-electron chi connectivity index (χ4n) is 4.82. The van der Waals surface area contributed by atoms with Gasteiger partial charge in [-0.05, 0) is 12.5 Å². The first-order valence-corrected chi connectivity index (χ1v) is 17.8. The highest BCUT2D eigenvalue weighted by atomic mass is 32.5. The first kappa shape index (κ1) is 26.0. The molecule has 0 bridgehead atoms. The van der Waals surface area contributed by atoms with Crippen molar-refractivity contribution in [2.45, 2.75) is 13.0 Å². The Labute approximate surface area is 231 Å². The Kier molecular flexibility index (Phi) is 8.01. The van der Waals surface area contributed by atoms with E-state index in [4.69, 9.17) is 23.6 Å². The lowest BCUT2D eigenvalue weighted by Gasteiger charge is -2.47. The molecule has 0 fully saturated rings. The van der Waals surface area contributed by atoms with Crippen molar-refractivity contribution in [1.29, 1.82) is 0 Å². The number of nitrogens with zero attached hydrogens (tertiary/aromatic N) is 1. The fourth-order valence-corrected chi connectivity index (χ4v) is 17.3. The van der Waals surface area contributed by atoms with Crippen LogP contribution in [0, 0.1) is 0 Å². The molecule has 5 aromatic rings. The lowest BCUT2D eigenvalue weighted by atomic mass is 10.1. The van der Waals surface area contributed by atoms with Crippen LogP contribution in [0.1, 0.15) is 18.5 Å². The van der Waals surface area contributed by atoms with E-state index in [2.05, 4.69) is 163 Å². The monoisotopic (exact) mass is 553 g/mol. The van der Waals surface area contributed by atoms with Crippen LogP contribution in [-0.2, 0) is 23.6 Å². The van der Waals surface area contributed by atoms with Crippen LogP contribution in [0.4, 0.5) is 0 Å². The number of hydrogen-bond donors (Lipinski definition) is 0. The fraction of sp³-hybridized carbons (Fsp3) is 0.0625. The summed E-state index contributed by atoms with van der Waals surface area (Å²) in [6, 6.07) is 53.2. The summed E-state index contributed by atoms with van der Waals surface area (Å²) in [6.45, 7) is 2.27. The third kappa shape index (κ3) is 4.96. The Balaban J connectivity index is 1.90. The van der Waals surface area contributed by atoms with E-state index in [-0.39, 0.29) is 6.04 Å². The highest BCUT2D eigenvalue weighted by molar-refractivity contribution is 8.29. The first-order chi connectivity index (χ1) is 18.1. The molecule has 1 atom stereocenters. The van der Waals surface area contributed by atoms with Crippen LogP contribution in [0.2, 0.25) is 0 Å². The quantitative estimate of drug-likeness (QED) is 0.188. The van der Waals surface area contributed by atoms with Gasteiger partial charge in [0.1, 0.15) is 0 Å². The van der Waals surface area contributed by atoms with Crippen molar-refractivity contribution in [2.75, 3.05) is 0 Å². The molecule has 0 amide bonds. The van der Waals surface area contributed by atoms with Crippen molar-refractivity contribution >= 4 is 57.2 Å². The van der Waals surface area contributed by atoms with E-state index in [0.717, 1.165) is 21.2 Å². The highest BCUT2D eigenvalue weighted by Crippen LogP contribution is 2.68. The summed E-state index contributed by atoms with van der Waals surface area (Å²) in [5.41, 5.74) is 1.21. The Morgan fingerprint density at radius 1 is 0.432 bits per heavy atom. The van der Waals surface area contributed by atoms with Gasteiger partial charge >= 0.3 is 0 Å². The van der Waals surface area contributed by atoms with Crippen molar-refractivity contribution in [2.24, 2.45) is 0 Å². The minimum Gasteiger partial charge on any atom is -0.224 e. The van der Waals surface area contributed by atoms with Crippen LogP contribution in [-0.4, -0.2) is 4.44 Å². The van der Waals surface area contributed by atoms with Gasteiger partial charge in [-0.15, -0.1) is 0 Å². The summed E-state index contributed by atoms with van der Waals surface area (Å²) in [5, 5.41) is 4.61. The second-order valence-electron chi connectivity index (χ2n) is 8.90. The molecule has 1 unspecified atom stereocenters. The van der Waals surface area contributed by atoms with Crippen molar-refractivity contribution < 1.29 is 0 Å². The lowest BCUT2D eigenvalue weighted by molar-refractivity contribution is 0.564. The van der Waals surface area contributed by atoms with Crippen molar-refractivity contribution in [1.82, 2.24) is 4.44 Å². The molecular weight excluding hydrogens is 524 g/mol. The van der Waals surface area contributed by atoms with Crippen LogP contribution in [0.15, 0.2) is 152 Å². The Morgan fingerprint density at radius 3 is 0.946 bits per heavy atom. The molecular formula is C32H29NP2S2. The van der Waals surface area contributed by atoms with Gasteiger partial charge in [-0.3, -0.25) is 0 Å².